The standard InChI is InChI=1S/C13H23N3O2S3/c1-2-14-10-12-9-13(11-20-12)21(17,18)15-3-4-16-5-7-19-8-6-16/h9,11,14-15H,2-8,10H2,1H3. The van der Waals surface area contributed by atoms with E-state index in [1.807, 2.05) is 18.7 Å². The van der Waals surface area contributed by atoms with Gasteiger partial charge in [0, 0.05) is 54.5 Å². The summed E-state index contributed by atoms with van der Waals surface area (Å²) in [7, 11) is -3.36. The summed E-state index contributed by atoms with van der Waals surface area (Å²) >= 11 is 3.44. The molecule has 0 saturated carbocycles. The lowest BCUT2D eigenvalue weighted by Gasteiger charge is -2.25. The fourth-order valence-electron chi connectivity index (χ4n) is 2.09. The van der Waals surface area contributed by atoms with Crippen molar-refractivity contribution in [3.63, 3.8) is 0 Å². The van der Waals surface area contributed by atoms with Crippen LogP contribution in [0.25, 0.3) is 0 Å². The molecule has 0 amide bonds. The Kier molecular flexibility index (Phi) is 6.97. The maximum Gasteiger partial charge on any atom is 0.241 e. The van der Waals surface area contributed by atoms with Crippen molar-refractivity contribution in [2.24, 2.45) is 0 Å². The van der Waals surface area contributed by atoms with Gasteiger partial charge in [-0.2, -0.15) is 11.8 Å². The van der Waals surface area contributed by atoms with Crippen LogP contribution in [0.4, 0.5) is 0 Å². The maximum absolute atomic E-state index is 12.2. The second-order valence-electron chi connectivity index (χ2n) is 4.88. The zero-order valence-electron chi connectivity index (χ0n) is 12.3. The van der Waals surface area contributed by atoms with Crippen LogP contribution in [0.15, 0.2) is 16.3 Å². The van der Waals surface area contributed by atoms with E-state index in [1.54, 1.807) is 11.4 Å². The van der Waals surface area contributed by atoms with E-state index < -0.39 is 10.0 Å². The first-order valence-electron chi connectivity index (χ1n) is 7.19. The van der Waals surface area contributed by atoms with Gasteiger partial charge in [-0.05, 0) is 12.6 Å². The molecule has 2 rings (SSSR count). The number of thiophene rings is 1. The van der Waals surface area contributed by atoms with Gasteiger partial charge in [-0.25, -0.2) is 13.1 Å². The van der Waals surface area contributed by atoms with Crippen molar-refractivity contribution in [1.82, 2.24) is 14.9 Å². The van der Waals surface area contributed by atoms with Crippen LogP contribution in [0.1, 0.15) is 11.8 Å². The number of nitrogens with zero attached hydrogens (tertiary/aromatic N) is 1. The Hall–Kier alpha value is -0.120. The summed E-state index contributed by atoms with van der Waals surface area (Å²) in [5.74, 6) is 2.29. The molecule has 0 spiro atoms. The van der Waals surface area contributed by atoms with Gasteiger partial charge >= 0.3 is 0 Å². The van der Waals surface area contributed by atoms with E-state index in [1.165, 1.54) is 11.3 Å². The van der Waals surface area contributed by atoms with Crippen molar-refractivity contribution >= 4 is 33.1 Å². The number of hydrogen-bond donors (Lipinski definition) is 2. The van der Waals surface area contributed by atoms with Crippen molar-refractivity contribution in [3.8, 4) is 0 Å². The van der Waals surface area contributed by atoms with Crippen LogP contribution in [0.3, 0.4) is 0 Å². The Morgan fingerprint density at radius 3 is 2.81 bits per heavy atom. The first-order valence-corrected chi connectivity index (χ1v) is 10.7. The second kappa shape index (κ2) is 8.50. The summed E-state index contributed by atoms with van der Waals surface area (Å²) in [6.45, 7) is 7.01. The van der Waals surface area contributed by atoms with Crippen LogP contribution in [0.5, 0.6) is 0 Å². The molecule has 5 nitrogen and oxygen atoms in total. The zero-order chi connectivity index (χ0) is 15.1. The molecule has 21 heavy (non-hydrogen) atoms. The molecule has 2 N–H and O–H groups in total. The highest BCUT2D eigenvalue weighted by molar-refractivity contribution is 7.99. The van der Waals surface area contributed by atoms with E-state index in [9.17, 15) is 8.42 Å². The number of hydrogen-bond acceptors (Lipinski definition) is 6. The van der Waals surface area contributed by atoms with Crippen LogP contribution in [0.2, 0.25) is 0 Å². The molecule has 120 valence electrons. The van der Waals surface area contributed by atoms with Crippen molar-refractivity contribution in [3.05, 3.63) is 16.3 Å². The zero-order valence-corrected chi connectivity index (χ0v) is 14.7. The highest BCUT2D eigenvalue weighted by atomic mass is 32.2. The van der Waals surface area contributed by atoms with Gasteiger partial charge in [0.1, 0.15) is 0 Å². The molecule has 0 bridgehead atoms. The van der Waals surface area contributed by atoms with Crippen molar-refractivity contribution in [2.45, 2.75) is 18.4 Å². The third-order valence-corrected chi connectivity index (χ3v) is 6.78. The summed E-state index contributed by atoms with van der Waals surface area (Å²) < 4.78 is 27.1. The molecule has 0 radical (unpaired) electrons. The molecule has 1 aromatic heterocycles. The number of rotatable bonds is 8. The first kappa shape index (κ1) is 17.2. The van der Waals surface area contributed by atoms with E-state index in [0.29, 0.717) is 11.4 Å². The quantitative estimate of drug-likeness (QED) is 0.738. The van der Waals surface area contributed by atoms with E-state index in [4.69, 9.17) is 0 Å². The van der Waals surface area contributed by atoms with Crippen molar-refractivity contribution in [1.29, 1.82) is 0 Å². The minimum Gasteiger partial charge on any atom is -0.312 e. The molecular weight excluding hydrogens is 326 g/mol. The largest absolute Gasteiger partial charge is 0.312 e. The van der Waals surface area contributed by atoms with Gasteiger partial charge in [0.25, 0.3) is 0 Å². The Morgan fingerprint density at radius 1 is 1.33 bits per heavy atom. The molecule has 8 heteroatoms. The summed E-state index contributed by atoms with van der Waals surface area (Å²) in [5, 5.41) is 4.92. The lowest BCUT2D eigenvalue weighted by molar-refractivity contribution is 0.307. The highest BCUT2D eigenvalue weighted by Gasteiger charge is 2.17. The molecule has 2 heterocycles. The van der Waals surface area contributed by atoms with E-state index in [0.717, 1.165) is 49.1 Å². The molecule has 0 aliphatic carbocycles. The van der Waals surface area contributed by atoms with Gasteiger partial charge in [-0.1, -0.05) is 6.92 Å². The molecule has 0 atom stereocenters. The molecule has 1 aromatic rings. The van der Waals surface area contributed by atoms with Gasteiger partial charge in [-0.15, -0.1) is 11.3 Å². The number of nitrogens with one attached hydrogen (secondary N) is 2. The highest BCUT2D eigenvalue weighted by Crippen LogP contribution is 2.19. The molecule has 1 aliphatic rings. The number of sulfonamides is 1. The topological polar surface area (TPSA) is 61.4 Å². The van der Waals surface area contributed by atoms with Crippen LogP contribution in [-0.4, -0.2) is 57.5 Å². The van der Waals surface area contributed by atoms with E-state index in [-0.39, 0.29) is 0 Å². The molecule has 1 saturated heterocycles. The molecular formula is C13H23N3O2S3. The SMILES string of the molecule is CCNCc1cc(S(=O)(=O)NCCN2CCSCC2)cs1. The predicted octanol–water partition coefficient (Wildman–Crippen LogP) is 1.18. The van der Waals surface area contributed by atoms with Gasteiger partial charge < -0.3 is 10.2 Å². The third kappa shape index (κ3) is 5.54. The fraction of sp³-hybridized carbons (Fsp3) is 0.692. The van der Waals surface area contributed by atoms with Crippen molar-refractivity contribution < 1.29 is 8.42 Å². The number of thioether (sulfide) groups is 1. The van der Waals surface area contributed by atoms with Crippen LogP contribution < -0.4 is 10.0 Å². The lowest BCUT2D eigenvalue weighted by Crippen LogP contribution is -2.39. The smallest absolute Gasteiger partial charge is 0.241 e. The second-order valence-corrected chi connectivity index (χ2v) is 8.87. The summed E-state index contributed by atoms with van der Waals surface area (Å²) in [4.78, 5) is 3.74. The predicted molar refractivity (Wildman–Crippen MR) is 90.7 cm³/mol. The van der Waals surface area contributed by atoms with E-state index in [2.05, 4.69) is 14.9 Å². The van der Waals surface area contributed by atoms with Gasteiger partial charge in [-0.3, -0.25) is 0 Å². The Balaban J connectivity index is 1.81. The minimum absolute atomic E-state index is 0.384. The van der Waals surface area contributed by atoms with Gasteiger partial charge in [0.2, 0.25) is 10.0 Å². The van der Waals surface area contributed by atoms with Gasteiger partial charge in [0.15, 0.2) is 0 Å². The molecule has 1 aliphatic heterocycles. The molecule has 0 unspecified atom stereocenters. The molecule has 0 aromatic carbocycles. The fourth-order valence-corrected chi connectivity index (χ4v) is 5.33. The van der Waals surface area contributed by atoms with Crippen LogP contribution in [0, 0.1) is 0 Å². The minimum atomic E-state index is -3.36. The Labute approximate surface area is 135 Å². The summed E-state index contributed by atoms with van der Waals surface area (Å²) in [5.41, 5.74) is 0. The maximum atomic E-state index is 12.2. The third-order valence-electron chi connectivity index (χ3n) is 3.31. The normalized spacial score (nSPS) is 17.2. The Bertz CT molecular complexity index is 525. The monoisotopic (exact) mass is 349 g/mol. The lowest BCUT2D eigenvalue weighted by atomic mass is 10.4. The van der Waals surface area contributed by atoms with Crippen LogP contribution in [-0.2, 0) is 16.6 Å². The van der Waals surface area contributed by atoms with Crippen LogP contribution >= 0.6 is 23.1 Å². The van der Waals surface area contributed by atoms with Gasteiger partial charge in [0.05, 0.1) is 4.90 Å². The van der Waals surface area contributed by atoms with E-state index >= 15 is 0 Å². The Morgan fingerprint density at radius 2 is 2.10 bits per heavy atom. The average Bonchev–Trinajstić information content (AvgIpc) is 2.96. The average molecular weight is 350 g/mol. The summed E-state index contributed by atoms with van der Waals surface area (Å²) in [6.07, 6.45) is 0. The summed E-state index contributed by atoms with van der Waals surface area (Å²) in [6, 6.07) is 1.76. The first-order chi connectivity index (χ1) is 10.1. The van der Waals surface area contributed by atoms with Crippen molar-refractivity contribution in [2.75, 3.05) is 44.2 Å². The molecule has 1 fully saturated rings.